The first kappa shape index (κ1) is 19.7. The van der Waals surface area contributed by atoms with Gasteiger partial charge in [0.05, 0.1) is 7.11 Å². The second-order valence-electron chi connectivity index (χ2n) is 7.15. The number of hydrogen-bond donors (Lipinski definition) is 1. The van der Waals surface area contributed by atoms with E-state index in [9.17, 15) is 9.59 Å². The number of carbonyl (C=O) groups excluding carboxylic acids is 2. The molecule has 0 unspecified atom stereocenters. The van der Waals surface area contributed by atoms with Crippen LogP contribution in [-0.2, 0) is 4.79 Å². The monoisotopic (exact) mass is 378 g/mol. The third-order valence-electron chi connectivity index (χ3n) is 4.99. The summed E-state index contributed by atoms with van der Waals surface area (Å²) in [6.07, 6.45) is 5.29. The maximum absolute atomic E-state index is 12.7. The molecule has 0 spiro atoms. The van der Waals surface area contributed by atoms with E-state index in [1.807, 2.05) is 29.2 Å². The first-order valence-corrected chi connectivity index (χ1v) is 9.57. The first-order valence-electron chi connectivity index (χ1n) is 9.57. The van der Waals surface area contributed by atoms with Gasteiger partial charge in [0.25, 0.3) is 5.91 Å². The van der Waals surface area contributed by atoms with E-state index in [2.05, 4.69) is 12.2 Å². The van der Waals surface area contributed by atoms with Crippen molar-refractivity contribution in [2.45, 2.75) is 19.8 Å². The molecule has 0 aromatic heterocycles. The van der Waals surface area contributed by atoms with Crippen molar-refractivity contribution in [3.63, 3.8) is 0 Å². The zero-order valence-electron chi connectivity index (χ0n) is 16.4. The quantitative estimate of drug-likeness (QED) is 0.793. The van der Waals surface area contributed by atoms with Crippen LogP contribution in [0.4, 0.5) is 5.69 Å². The summed E-state index contributed by atoms with van der Waals surface area (Å²) in [6, 6.07) is 14.5. The normalized spacial score (nSPS) is 14.9. The molecule has 2 aromatic rings. The van der Waals surface area contributed by atoms with Crippen LogP contribution in [0.2, 0.25) is 0 Å². The fourth-order valence-corrected chi connectivity index (χ4v) is 3.20. The highest BCUT2D eigenvalue weighted by Crippen LogP contribution is 2.20. The fourth-order valence-electron chi connectivity index (χ4n) is 3.20. The maximum atomic E-state index is 12.7. The van der Waals surface area contributed by atoms with Gasteiger partial charge in [0.15, 0.2) is 0 Å². The number of benzene rings is 2. The topological polar surface area (TPSA) is 58.6 Å². The molecule has 0 aliphatic carbocycles. The van der Waals surface area contributed by atoms with Gasteiger partial charge in [-0.1, -0.05) is 25.1 Å². The van der Waals surface area contributed by atoms with Crippen LogP contribution in [-0.4, -0.2) is 36.9 Å². The number of anilines is 1. The molecule has 0 saturated carbocycles. The number of rotatable bonds is 5. The predicted octanol–water partition coefficient (Wildman–Crippen LogP) is 4.22. The molecule has 1 aliphatic heterocycles. The zero-order valence-corrected chi connectivity index (χ0v) is 16.4. The molecule has 0 radical (unpaired) electrons. The Morgan fingerprint density at radius 2 is 1.82 bits per heavy atom. The molecular weight excluding hydrogens is 352 g/mol. The van der Waals surface area contributed by atoms with Gasteiger partial charge in [0.2, 0.25) is 5.91 Å². The minimum Gasteiger partial charge on any atom is -0.497 e. The summed E-state index contributed by atoms with van der Waals surface area (Å²) in [5.41, 5.74) is 2.12. The number of nitrogens with one attached hydrogen (secondary N) is 1. The summed E-state index contributed by atoms with van der Waals surface area (Å²) in [7, 11) is 1.61. The second-order valence-corrected chi connectivity index (χ2v) is 7.15. The number of nitrogens with zero attached hydrogens (tertiary/aromatic N) is 1. The summed E-state index contributed by atoms with van der Waals surface area (Å²) in [4.78, 5) is 26.8. The van der Waals surface area contributed by atoms with Crippen molar-refractivity contribution in [3.05, 3.63) is 65.7 Å². The molecule has 1 fully saturated rings. The number of carbonyl (C=O) groups is 2. The lowest BCUT2D eigenvalue weighted by atomic mass is 9.98. The van der Waals surface area contributed by atoms with Crippen LogP contribution in [0.15, 0.2) is 54.6 Å². The lowest BCUT2D eigenvalue weighted by Crippen LogP contribution is -2.37. The van der Waals surface area contributed by atoms with Crippen molar-refractivity contribution in [1.82, 2.24) is 4.90 Å². The van der Waals surface area contributed by atoms with Crippen LogP contribution in [0.25, 0.3) is 6.08 Å². The lowest BCUT2D eigenvalue weighted by Gasteiger charge is -2.30. The number of methoxy groups -OCH3 is 1. The fraction of sp³-hybridized carbons (Fsp3) is 0.304. The van der Waals surface area contributed by atoms with E-state index < -0.39 is 0 Å². The van der Waals surface area contributed by atoms with E-state index in [4.69, 9.17) is 4.74 Å². The van der Waals surface area contributed by atoms with Crippen LogP contribution in [0.3, 0.4) is 0 Å². The number of likely N-dealkylation sites (tertiary alicyclic amines) is 1. The second kappa shape index (κ2) is 9.22. The number of piperidine rings is 1. The Morgan fingerprint density at radius 1 is 1.11 bits per heavy atom. The molecule has 0 bridgehead atoms. The maximum Gasteiger partial charge on any atom is 0.253 e. The highest BCUT2D eigenvalue weighted by Gasteiger charge is 2.21. The van der Waals surface area contributed by atoms with Crippen molar-refractivity contribution in [3.8, 4) is 5.75 Å². The van der Waals surface area contributed by atoms with E-state index in [0.29, 0.717) is 17.2 Å². The standard InChI is InChI=1S/C23H26N2O3/c1-17-12-14-25(15-13-17)23(27)19-4-3-5-20(16-19)24-22(26)11-8-18-6-9-21(28-2)10-7-18/h3-11,16-17H,12-15H2,1-2H3,(H,24,26)/b11-8+. The molecule has 2 amide bonds. The third-order valence-corrected chi connectivity index (χ3v) is 4.99. The van der Waals surface area contributed by atoms with Gasteiger partial charge in [-0.2, -0.15) is 0 Å². The van der Waals surface area contributed by atoms with Gasteiger partial charge in [-0.05, 0) is 60.7 Å². The van der Waals surface area contributed by atoms with Crippen molar-refractivity contribution >= 4 is 23.6 Å². The van der Waals surface area contributed by atoms with E-state index >= 15 is 0 Å². The molecule has 1 aliphatic rings. The Hall–Kier alpha value is -3.08. The number of amides is 2. The molecule has 146 valence electrons. The molecule has 1 saturated heterocycles. The van der Waals surface area contributed by atoms with Gasteiger partial charge in [0, 0.05) is 30.4 Å². The first-order chi connectivity index (χ1) is 13.5. The predicted molar refractivity (Wildman–Crippen MR) is 111 cm³/mol. The van der Waals surface area contributed by atoms with Crippen LogP contribution in [0.5, 0.6) is 5.75 Å². The molecule has 5 heteroatoms. The van der Waals surface area contributed by atoms with Crippen LogP contribution in [0, 0.1) is 5.92 Å². The summed E-state index contributed by atoms with van der Waals surface area (Å²) in [5.74, 6) is 1.22. The zero-order chi connectivity index (χ0) is 19.9. The molecular formula is C23H26N2O3. The minimum absolute atomic E-state index is 0.0248. The largest absolute Gasteiger partial charge is 0.497 e. The molecule has 28 heavy (non-hydrogen) atoms. The molecule has 3 rings (SSSR count). The van der Waals surface area contributed by atoms with Crippen LogP contribution < -0.4 is 10.1 Å². The van der Waals surface area contributed by atoms with E-state index in [-0.39, 0.29) is 11.8 Å². The van der Waals surface area contributed by atoms with Gasteiger partial charge in [-0.25, -0.2) is 0 Å². The Morgan fingerprint density at radius 3 is 2.50 bits per heavy atom. The summed E-state index contributed by atoms with van der Waals surface area (Å²) in [6.45, 7) is 3.81. The summed E-state index contributed by atoms with van der Waals surface area (Å²) >= 11 is 0. The van der Waals surface area contributed by atoms with Gasteiger partial charge in [-0.15, -0.1) is 0 Å². The third kappa shape index (κ3) is 5.22. The van der Waals surface area contributed by atoms with E-state index in [1.54, 1.807) is 37.5 Å². The Bertz CT molecular complexity index is 850. The van der Waals surface area contributed by atoms with Crippen molar-refractivity contribution in [2.24, 2.45) is 5.92 Å². The lowest BCUT2D eigenvalue weighted by molar-refractivity contribution is -0.111. The molecule has 2 aromatic carbocycles. The van der Waals surface area contributed by atoms with Crippen molar-refractivity contribution in [2.75, 3.05) is 25.5 Å². The van der Waals surface area contributed by atoms with Crippen LogP contribution in [0.1, 0.15) is 35.7 Å². The minimum atomic E-state index is -0.243. The SMILES string of the molecule is COc1ccc(/C=C/C(=O)Nc2cccc(C(=O)N3CCC(C)CC3)c2)cc1. The molecule has 1 heterocycles. The summed E-state index contributed by atoms with van der Waals surface area (Å²) in [5, 5.41) is 2.82. The Labute approximate surface area is 166 Å². The van der Waals surface area contributed by atoms with E-state index in [1.165, 1.54) is 6.08 Å². The van der Waals surface area contributed by atoms with Crippen molar-refractivity contribution < 1.29 is 14.3 Å². The number of hydrogen-bond acceptors (Lipinski definition) is 3. The highest BCUT2D eigenvalue weighted by molar-refractivity contribution is 6.03. The van der Waals surface area contributed by atoms with Crippen molar-refractivity contribution in [1.29, 1.82) is 0 Å². The van der Waals surface area contributed by atoms with E-state index in [0.717, 1.165) is 37.2 Å². The summed E-state index contributed by atoms with van der Waals surface area (Å²) < 4.78 is 5.12. The van der Waals surface area contributed by atoms with Crippen LogP contribution >= 0.6 is 0 Å². The Kier molecular flexibility index (Phi) is 6.48. The highest BCUT2D eigenvalue weighted by atomic mass is 16.5. The van der Waals surface area contributed by atoms with Gasteiger partial charge in [0.1, 0.15) is 5.75 Å². The number of ether oxygens (including phenoxy) is 1. The Balaban J connectivity index is 1.61. The average molecular weight is 378 g/mol. The molecule has 1 N–H and O–H groups in total. The van der Waals surface area contributed by atoms with Gasteiger partial charge >= 0.3 is 0 Å². The smallest absolute Gasteiger partial charge is 0.253 e. The molecule has 5 nitrogen and oxygen atoms in total. The van der Waals surface area contributed by atoms with Gasteiger partial charge in [-0.3, -0.25) is 9.59 Å². The average Bonchev–Trinajstić information content (AvgIpc) is 2.73. The molecule has 0 atom stereocenters. The van der Waals surface area contributed by atoms with Gasteiger partial charge < -0.3 is 15.0 Å².